The van der Waals surface area contributed by atoms with Crippen LogP contribution < -0.4 is 0 Å². The molecular formula is C11H10S. The Morgan fingerprint density at radius 2 is 2.00 bits per heavy atom. The van der Waals surface area contributed by atoms with Gasteiger partial charge in [0.15, 0.2) is 0 Å². The van der Waals surface area contributed by atoms with Gasteiger partial charge in [-0.2, -0.15) is 0 Å². The Bertz CT molecular complexity index is 301. The summed E-state index contributed by atoms with van der Waals surface area (Å²) in [5.41, 5.74) is 0. The molecule has 1 heteroatoms. The topological polar surface area (TPSA) is 0 Å². The minimum absolute atomic E-state index is 1.24. The maximum Gasteiger partial charge on any atom is 0.0116 e. The van der Waals surface area contributed by atoms with Crippen molar-refractivity contribution in [2.75, 3.05) is 0 Å². The molecule has 1 aromatic rings. The van der Waals surface area contributed by atoms with Gasteiger partial charge < -0.3 is 0 Å². The number of hydrogen-bond donors (Lipinski definition) is 0. The average Bonchev–Trinajstić information content (AvgIpc) is 2.14. The first-order chi connectivity index (χ1) is 5.93. The average molecular weight is 174 g/mol. The summed E-state index contributed by atoms with van der Waals surface area (Å²) in [4.78, 5) is 1.24. The molecule has 0 bridgehead atoms. The molecule has 0 nitrogen and oxygen atoms in total. The summed E-state index contributed by atoms with van der Waals surface area (Å²) < 4.78 is 0. The highest BCUT2D eigenvalue weighted by molar-refractivity contribution is 8.02. The maximum absolute atomic E-state index is 2.87. The molecule has 0 unspecified atom stereocenters. The van der Waals surface area contributed by atoms with E-state index in [-0.39, 0.29) is 0 Å². The van der Waals surface area contributed by atoms with Gasteiger partial charge in [0.25, 0.3) is 0 Å². The zero-order valence-electron chi connectivity index (χ0n) is 6.95. The molecule has 0 aliphatic rings. The van der Waals surface area contributed by atoms with Gasteiger partial charge in [-0.25, -0.2) is 0 Å². The molecule has 0 aliphatic carbocycles. The molecule has 0 spiro atoms. The van der Waals surface area contributed by atoms with Crippen molar-refractivity contribution >= 4 is 11.8 Å². The van der Waals surface area contributed by atoms with Gasteiger partial charge in [0.05, 0.1) is 0 Å². The third-order valence-corrected chi connectivity index (χ3v) is 2.06. The molecule has 12 heavy (non-hydrogen) atoms. The lowest BCUT2D eigenvalue weighted by Crippen LogP contribution is -1.63. The fourth-order valence-corrected chi connectivity index (χ4v) is 1.34. The second-order valence-corrected chi connectivity index (χ2v) is 3.11. The van der Waals surface area contributed by atoms with Gasteiger partial charge in [0, 0.05) is 4.90 Å². The molecule has 0 fully saturated rings. The van der Waals surface area contributed by atoms with Crippen LogP contribution in [0, 0.1) is 11.8 Å². The Hall–Kier alpha value is -1.13. The van der Waals surface area contributed by atoms with Gasteiger partial charge in [0.2, 0.25) is 0 Å². The smallest absolute Gasteiger partial charge is 0.0116 e. The summed E-state index contributed by atoms with van der Waals surface area (Å²) >= 11 is 1.68. The van der Waals surface area contributed by atoms with E-state index in [1.54, 1.807) is 11.8 Å². The number of allylic oxidation sites excluding steroid dienone is 1. The number of benzene rings is 1. The normalized spacial score (nSPS) is 9.42. The Kier molecular flexibility index (Phi) is 4.12. The van der Waals surface area contributed by atoms with E-state index in [1.807, 2.05) is 36.6 Å². The first-order valence-corrected chi connectivity index (χ1v) is 4.60. The summed E-state index contributed by atoms with van der Waals surface area (Å²) in [5.74, 6) is 5.67. The Morgan fingerprint density at radius 1 is 1.25 bits per heavy atom. The summed E-state index contributed by atoms with van der Waals surface area (Å²) in [7, 11) is 0. The predicted molar refractivity (Wildman–Crippen MR) is 54.9 cm³/mol. The van der Waals surface area contributed by atoms with Crippen molar-refractivity contribution in [2.24, 2.45) is 0 Å². The highest BCUT2D eigenvalue weighted by Crippen LogP contribution is 2.17. The molecule has 1 aromatic carbocycles. The van der Waals surface area contributed by atoms with Crippen molar-refractivity contribution in [3.63, 3.8) is 0 Å². The molecule has 0 aliphatic heterocycles. The quantitative estimate of drug-likeness (QED) is 0.489. The van der Waals surface area contributed by atoms with Crippen LogP contribution in [0.5, 0.6) is 0 Å². The Morgan fingerprint density at radius 3 is 2.67 bits per heavy atom. The van der Waals surface area contributed by atoms with Crippen LogP contribution in [0.15, 0.2) is 46.7 Å². The van der Waals surface area contributed by atoms with Crippen LogP contribution in [0.1, 0.15) is 6.92 Å². The van der Waals surface area contributed by atoms with Crippen molar-refractivity contribution in [2.45, 2.75) is 11.8 Å². The van der Waals surface area contributed by atoms with E-state index in [0.717, 1.165) is 0 Å². The lowest BCUT2D eigenvalue weighted by Gasteiger charge is -1.91. The fourth-order valence-electron chi connectivity index (χ4n) is 0.729. The molecule has 0 N–H and O–H groups in total. The molecule has 0 heterocycles. The van der Waals surface area contributed by atoms with Gasteiger partial charge in [-0.1, -0.05) is 35.9 Å². The van der Waals surface area contributed by atoms with Gasteiger partial charge in [-0.3, -0.25) is 0 Å². The fraction of sp³-hybridized carbons (Fsp3) is 0.0909. The van der Waals surface area contributed by atoms with E-state index in [2.05, 4.69) is 24.0 Å². The Balaban J connectivity index is 2.47. The molecule has 0 atom stereocenters. The lowest BCUT2D eigenvalue weighted by atomic mass is 10.4. The first kappa shape index (κ1) is 8.96. The van der Waals surface area contributed by atoms with Crippen LogP contribution in [0.2, 0.25) is 0 Å². The number of rotatable bonds is 2. The largest absolute Gasteiger partial charge is 0.102 e. The molecule has 60 valence electrons. The van der Waals surface area contributed by atoms with E-state index in [4.69, 9.17) is 0 Å². The monoisotopic (exact) mass is 174 g/mol. The van der Waals surface area contributed by atoms with Crippen molar-refractivity contribution in [1.82, 2.24) is 0 Å². The van der Waals surface area contributed by atoms with Crippen molar-refractivity contribution in [3.05, 3.63) is 41.8 Å². The molecule has 0 saturated carbocycles. The van der Waals surface area contributed by atoms with Crippen LogP contribution in [0.4, 0.5) is 0 Å². The van der Waals surface area contributed by atoms with Gasteiger partial charge >= 0.3 is 0 Å². The second-order valence-electron chi connectivity index (χ2n) is 2.13. The van der Waals surface area contributed by atoms with Crippen LogP contribution in [0.3, 0.4) is 0 Å². The van der Waals surface area contributed by atoms with Crippen molar-refractivity contribution in [3.8, 4) is 11.8 Å². The van der Waals surface area contributed by atoms with E-state index >= 15 is 0 Å². The third-order valence-electron chi connectivity index (χ3n) is 1.24. The van der Waals surface area contributed by atoms with Gasteiger partial charge in [0.1, 0.15) is 0 Å². The molecule has 0 radical (unpaired) electrons. The predicted octanol–water partition coefficient (Wildman–Crippen LogP) is 3.32. The minimum atomic E-state index is 1.24. The highest BCUT2D eigenvalue weighted by Gasteiger charge is 1.84. The standard InChI is InChI=1S/C11H10S/c1-2-3-7-10-12-11-8-5-4-6-9-11/h4-10H,1H3/b10-7+. The number of hydrogen-bond acceptors (Lipinski definition) is 1. The van der Waals surface area contributed by atoms with Crippen molar-refractivity contribution in [1.29, 1.82) is 0 Å². The second kappa shape index (κ2) is 5.51. The third kappa shape index (κ3) is 3.32. The Labute approximate surface area is 77.7 Å². The van der Waals surface area contributed by atoms with Crippen LogP contribution in [-0.2, 0) is 0 Å². The molecule has 0 amide bonds. The summed E-state index contributed by atoms with van der Waals surface area (Å²) in [5, 5.41) is 1.99. The van der Waals surface area contributed by atoms with Crippen molar-refractivity contribution < 1.29 is 0 Å². The highest BCUT2D eigenvalue weighted by atomic mass is 32.2. The van der Waals surface area contributed by atoms with E-state index in [1.165, 1.54) is 4.90 Å². The SMILES string of the molecule is CC#C/C=C/Sc1ccccc1. The molecule has 1 rings (SSSR count). The van der Waals surface area contributed by atoms with Gasteiger partial charge in [-0.15, -0.1) is 5.92 Å². The van der Waals surface area contributed by atoms with E-state index in [0.29, 0.717) is 0 Å². The summed E-state index contributed by atoms with van der Waals surface area (Å²) in [6.07, 6.45) is 1.86. The van der Waals surface area contributed by atoms with Gasteiger partial charge in [-0.05, 0) is 30.5 Å². The maximum atomic E-state index is 2.87. The number of thioether (sulfide) groups is 1. The first-order valence-electron chi connectivity index (χ1n) is 3.72. The van der Waals surface area contributed by atoms with Crippen LogP contribution in [0.25, 0.3) is 0 Å². The molecule has 0 aromatic heterocycles. The van der Waals surface area contributed by atoms with E-state index in [9.17, 15) is 0 Å². The van der Waals surface area contributed by atoms with Crippen LogP contribution >= 0.6 is 11.8 Å². The van der Waals surface area contributed by atoms with Crippen LogP contribution in [-0.4, -0.2) is 0 Å². The molecule has 0 saturated heterocycles. The molecular weight excluding hydrogens is 164 g/mol. The zero-order chi connectivity index (χ0) is 8.65. The zero-order valence-corrected chi connectivity index (χ0v) is 7.77. The van der Waals surface area contributed by atoms with E-state index < -0.39 is 0 Å². The summed E-state index contributed by atoms with van der Waals surface area (Å²) in [6.45, 7) is 1.83. The summed E-state index contributed by atoms with van der Waals surface area (Å²) in [6, 6.07) is 10.2. The minimum Gasteiger partial charge on any atom is -0.102 e. The lowest BCUT2D eigenvalue weighted by molar-refractivity contribution is 1.47.